The summed E-state index contributed by atoms with van der Waals surface area (Å²) in [5.41, 5.74) is 45.8. The molecule has 8 aliphatic rings. The van der Waals surface area contributed by atoms with E-state index < -0.39 is 16.2 Å². The summed E-state index contributed by atoms with van der Waals surface area (Å²) in [6, 6.07) is 146. The lowest BCUT2D eigenvalue weighted by molar-refractivity contribution is 0.793. The van der Waals surface area contributed by atoms with E-state index in [1.54, 1.807) is 0 Å². The van der Waals surface area contributed by atoms with Crippen molar-refractivity contribution in [3.05, 3.63) is 443 Å². The second-order valence-corrected chi connectivity index (χ2v) is 31.0. The zero-order valence-corrected chi connectivity index (χ0v) is 59.2. The van der Waals surface area contributed by atoms with Gasteiger partial charge in [0.25, 0.3) is 6.71 Å². The van der Waals surface area contributed by atoms with Crippen LogP contribution in [0.4, 0.5) is 34.1 Å². The molecule has 17 aromatic carbocycles. The highest BCUT2D eigenvalue weighted by atomic mass is 15.2. The van der Waals surface area contributed by atoms with Gasteiger partial charge in [-0.05, 0) is 210 Å². The van der Waals surface area contributed by atoms with Gasteiger partial charge in [0.1, 0.15) is 0 Å². The predicted molar refractivity (Wildman–Crippen MR) is 449 cm³/mol. The second-order valence-electron chi connectivity index (χ2n) is 31.0. The van der Waals surface area contributed by atoms with Crippen molar-refractivity contribution in [3.63, 3.8) is 0 Å². The molecule has 109 heavy (non-hydrogen) atoms. The van der Waals surface area contributed by atoms with E-state index in [9.17, 15) is 0 Å². The van der Waals surface area contributed by atoms with Gasteiger partial charge in [-0.2, -0.15) is 0 Å². The Kier molecular flexibility index (Phi) is 11.2. The summed E-state index contributed by atoms with van der Waals surface area (Å²) in [6.45, 7) is -0.333. The van der Waals surface area contributed by atoms with Crippen LogP contribution < -0.4 is 26.2 Å². The molecule has 0 fully saturated rings. The van der Waals surface area contributed by atoms with Crippen LogP contribution in [0, 0.1) is 0 Å². The van der Waals surface area contributed by atoms with Crippen LogP contribution in [0.25, 0.3) is 105 Å². The Morgan fingerprint density at radius 2 is 0.606 bits per heavy atom. The smallest absolute Gasteiger partial charge is 0.252 e. The van der Waals surface area contributed by atoms with E-state index in [0.29, 0.717) is 0 Å². The molecule has 6 aliphatic carbocycles. The average molecular weight is 1380 g/mol. The van der Waals surface area contributed by atoms with Gasteiger partial charge in [-0.25, -0.2) is 0 Å². The minimum absolute atomic E-state index is 0.333. The van der Waals surface area contributed by atoms with Crippen molar-refractivity contribution in [3.8, 4) is 83.6 Å². The number of para-hydroxylation sites is 2. The number of anilines is 6. The fraction of sp³-hybridized carbons (Fsp3) is 0.0286. The van der Waals surface area contributed by atoms with E-state index >= 15 is 0 Å². The number of hydrogen-bond donors (Lipinski definition) is 0. The standard InChI is InChI=1S/C105H62BN3/c1-2-27-63(28-3-1)64-53-55-65(56-54-64)107-96-62-90-79(74-36-11-19-44-84(74)104(90)82-42-17-6-31-69(82)70-32-7-18-43-83(70)104)61-91(96)106-101-97(107)59-66(108-92-50-24-13-37-75(92)76-38-14-25-51-93(76)108)60-98(101)109(94-52-26-49-89-99(94)78-39-12-23-48-88(78)103(89)80-40-15-4-29-67(80)68-30-5-16-41-81(68)103)95-58-57-77-73-35-10-22-47-87(73)105(100(77)102(95)106)85-45-20-8-33-71(85)72-34-9-21-46-86(72)105/h1-62H. The van der Waals surface area contributed by atoms with Crippen molar-refractivity contribution in [1.82, 2.24) is 4.57 Å². The van der Waals surface area contributed by atoms with E-state index in [4.69, 9.17) is 0 Å². The van der Waals surface area contributed by atoms with Gasteiger partial charge in [-0.1, -0.05) is 322 Å². The third-order valence-electron chi connectivity index (χ3n) is 26.6. The molecule has 0 saturated heterocycles. The summed E-state index contributed by atoms with van der Waals surface area (Å²) < 4.78 is 2.57. The first-order valence-corrected chi connectivity index (χ1v) is 38.4. The van der Waals surface area contributed by atoms with Crippen LogP contribution in [0.2, 0.25) is 0 Å². The highest BCUT2D eigenvalue weighted by Crippen LogP contribution is 2.69. The Labute approximate surface area is 631 Å². The third kappa shape index (κ3) is 6.92. The van der Waals surface area contributed by atoms with Gasteiger partial charge in [0.05, 0.1) is 38.7 Å². The molecule has 3 nitrogen and oxygen atoms in total. The molecule has 500 valence electrons. The first-order chi connectivity index (χ1) is 54.1. The van der Waals surface area contributed by atoms with Gasteiger partial charge in [0.15, 0.2) is 0 Å². The normalized spacial score (nSPS) is 15.0. The number of fused-ring (bicyclic) bond motifs is 38. The van der Waals surface area contributed by atoms with Crippen molar-refractivity contribution in [2.24, 2.45) is 0 Å². The summed E-state index contributed by atoms with van der Waals surface area (Å²) in [7, 11) is 0. The van der Waals surface area contributed by atoms with Crippen LogP contribution in [0.5, 0.6) is 0 Å². The topological polar surface area (TPSA) is 11.4 Å². The minimum atomic E-state index is -0.724. The van der Waals surface area contributed by atoms with Crippen molar-refractivity contribution in [2.45, 2.75) is 16.2 Å². The fourth-order valence-electron chi connectivity index (χ4n) is 22.9. The summed E-state index contributed by atoms with van der Waals surface area (Å²) in [5, 5.41) is 2.44. The highest BCUT2D eigenvalue weighted by Gasteiger charge is 2.60. The van der Waals surface area contributed by atoms with Crippen molar-refractivity contribution >= 4 is 79.0 Å². The summed E-state index contributed by atoms with van der Waals surface area (Å²) in [4.78, 5) is 5.50. The summed E-state index contributed by atoms with van der Waals surface area (Å²) >= 11 is 0. The molecule has 0 atom stereocenters. The number of rotatable bonds is 4. The number of benzene rings is 17. The first-order valence-electron chi connectivity index (χ1n) is 38.4. The zero-order chi connectivity index (χ0) is 70.7. The Morgan fingerprint density at radius 3 is 1.12 bits per heavy atom. The van der Waals surface area contributed by atoms with E-state index in [-0.39, 0.29) is 6.71 Å². The van der Waals surface area contributed by atoms with Crippen LogP contribution >= 0.6 is 0 Å². The molecule has 26 rings (SSSR count). The van der Waals surface area contributed by atoms with Gasteiger partial charge < -0.3 is 14.4 Å². The van der Waals surface area contributed by atoms with Crippen LogP contribution in [0.3, 0.4) is 0 Å². The molecule has 0 bridgehead atoms. The maximum Gasteiger partial charge on any atom is 0.252 e. The lowest BCUT2D eigenvalue weighted by Crippen LogP contribution is -2.63. The van der Waals surface area contributed by atoms with Gasteiger partial charge in [-0.15, -0.1) is 0 Å². The lowest BCUT2D eigenvalue weighted by atomic mass is 9.31. The second kappa shape index (κ2) is 20.8. The van der Waals surface area contributed by atoms with Gasteiger partial charge in [0.2, 0.25) is 0 Å². The molecule has 4 heteroatoms. The molecule has 0 radical (unpaired) electrons. The zero-order valence-electron chi connectivity index (χ0n) is 59.2. The Bertz CT molecular complexity index is 6950. The molecular weight excluding hydrogens is 1310 g/mol. The molecule has 0 N–H and O–H groups in total. The molecule has 0 unspecified atom stereocenters. The minimum Gasteiger partial charge on any atom is -0.311 e. The van der Waals surface area contributed by atoms with E-state index in [1.807, 2.05) is 0 Å². The Hall–Kier alpha value is -13.8. The van der Waals surface area contributed by atoms with E-state index in [0.717, 1.165) is 39.5 Å². The molecule has 0 amide bonds. The molecule has 0 saturated carbocycles. The maximum atomic E-state index is 2.79. The average Bonchev–Trinajstić information content (AvgIpc) is 1.54. The van der Waals surface area contributed by atoms with Crippen LogP contribution in [0.1, 0.15) is 66.8 Å². The molecule has 2 aliphatic heterocycles. The molecule has 1 aromatic heterocycles. The maximum absolute atomic E-state index is 2.79. The first kappa shape index (κ1) is 58.5. The SMILES string of the molecule is c1ccc(-c2ccc(N3c4cc5c(cc4B4c6c3cc(-n3c7ccccc7c7ccccc73)cc6N(c3cccc6c3-c3ccccc3C63c6ccccc6-c6ccccc63)c3ccc6c(c34)C3(c4ccccc4-c4ccccc43)c3ccccc3-6)-c3ccccc3C53c4ccccc4-c4ccccc43)cc2)cc1. The molecule has 3 spiro atoms. The summed E-state index contributed by atoms with van der Waals surface area (Å²) in [6.07, 6.45) is 0. The van der Waals surface area contributed by atoms with E-state index in [1.165, 1.54) is 183 Å². The van der Waals surface area contributed by atoms with Crippen LogP contribution in [0.15, 0.2) is 376 Å². The Balaban J connectivity index is 0.864. The van der Waals surface area contributed by atoms with E-state index in [2.05, 4.69) is 390 Å². The van der Waals surface area contributed by atoms with Gasteiger partial charge in [0, 0.05) is 44.8 Å². The number of aromatic nitrogens is 1. The number of nitrogens with zero attached hydrogens (tertiary/aromatic N) is 3. The van der Waals surface area contributed by atoms with Crippen LogP contribution in [-0.4, -0.2) is 11.3 Å². The largest absolute Gasteiger partial charge is 0.311 e. The summed E-state index contributed by atoms with van der Waals surface area (Å²) in [5.74, 6) is 0. The lowest BCUT2D eigenvalue weighted by Gasteiger charge is -2.47. The van der Waals surface area contributed by atoms with Crippen molar-refractivity contribution < 1.29 is 0 Å². The third-order valence-corrected chi connectivity index (χ3v) is 26.6. The Morgan fingerprint density at radius 1 is 0.211 bits per heavy atom. The predicted octanol–water partition coefficient (Wildman–Crippen LogP) is 23.6. The highest BCUT2D eigenvalue weighted by molar-refractivity contribution is 7.01. The quantitative estimate of drug-likeness (QED) is 0.163. The van der Waals surface area contributed by atoms with Crippen molar-refractivity contribution in [1.29, 1.82) is 0 Å². The van der Waals surface area contributed by atoms with Crippen molar-refractivity contribution in [2.75, 3.05) is 9.80 Å². The monoisotopic (exact) mass is 1380 g/mol. The van der Waals surface area contributed by atoms with Gasteiger partial charge >= 0.3 is 0 Å². The molecule has 3 heterocycles. The van der Waals surface area contributed by atoms with Crippen LogP contribution in [-0.2, 0) is 16.2 Å². The fourth-order valence-corrected chi connectivity index (χ4v) is 22.9. The van der Waals surface area contributed by atoms with Gasteiger partial charge in [-0.3, -0.25) is 0 Å². The number of hydrogen-bond acceptors (Lipinski definition) is 2. The molecule has 18 aromatic rings. The molecular formula is C105H62BN3.